The molecule has 0 saturated carbocycles. The van der Waals surface area contributed by atoms with Crippen LogP contribution in [-0.4, -0.2) is 44.8 Å². The molecule has 3 aromatic rings. The van der Waals surface area contributed by atoms with Gasteiger partial charge in [0.05, 0.1) is 26.1 Å². The van der Waals surface area contributed by atoms with Crippen molar-refractivity contribution in [2.45, 2.75) is 32.8 Å². The number of carbonyl (C=O) groups excluding carboxylic acids is 1. The number of nitrogens with one attached hydrogen (secondary N) is 1. The molecule has 10 heteroatoms. The van der Waals surface area contributed by atoms with Crippen molar-refractivity contribution in [3.8, 4) is 0 Å². The first-order chi connectivity index (χ1) is 14.1. The van der Waals surface area contributed by atoms with Crippen LogP contribution in [0.2, 0.25) is 0 Å². The Morgan fingerprint density at radius 2 is 2.10 bits per heavy atom. The lowest BCUT2D eigenvalue weighted by Gasteiger charge is -2.17. The number of carbonyl (C=O) groups is 1. The summed E-state index contributed by atoms with van der Waals surface area (Å²) >= 11 is 0. The number of nitrogens with two attached hydrogens (primary N) is 1. The van der Waals surface area contributed by atoms with Gasteiger partial charge in [-0.1, -0.05) is 37.3 Å². The van der Waals surface area contributed by atoms with E-state index in [9.17, 15) is 9.59 Å². The normalized spacial score (nSPS) is 12.2. The Balaban J connectivity index is 1.66. The third kappa shape index (κ3) is 5.39. The van der Waals surface area contributed by atoms with E-state index >= 15 is 0 Å². The molecule has 2 heterocycles. The van der Waals surface area contributed by atoms with Gasteiger partial charge >= 0.3 is 5.97 Å². The molecule has 1 unspecified atom stereocenters. The zero-order valence-electron chi connectivity index (χ0n) is 16.0. The summed E-state index contributed by atoms with van der Waals surface area (Å²) in [6.45, 7) is 2.47. The highest BCUT2D eigenvalue weighted by atomic mass is 16.6. The van der Waals surface area contributed by atoms with E-state index in [1.165, 1.54) is 10.9 Å². The van der Waals surface area contributed by atoms with Gasteiger partial charge in [0.2, 0.25) is 5.95 Å². The maximum Gasteiger partial charge on any atom is 0.337 e. The molecule has 1 atom stereocenters. The lowest BCUT2D eigenvalue weighted by atomic mass is 10.2. The van der Waals surface area contributed by atoms with Crippen molar-refractivity contribution in [3.05, 3.63) is 52.6 Å². The van der Waals surface area contributed by atoms with Gasteiger partial charge < -0.3 is 19.9 Å². The predicted molar refractivity (Wildman–Crippen MR) is 105 cm³/mol. The van der Waals surface area contributed by atoms with Gasteiger partial charge in [-0.2, -0.15) is 4.98 Å². The van der Waals surface area contributed by atoms with Crippen molar-refractivity contribution < 1.29 is 19.0 Å². The average Bonchev–Trinajstić information content (AvgIpc) is 3.12. The van der Waals surface area contributed by atoms with Crippen molar-refractivity contribution in [3.63, 3.8) is 0 Å². The number of H-pyrrole nitrogens is 1. The van der Waals surface area contributed by atoms with E-state index in [4.69, 9.17) is 19.9 Å². The van der Waals surface area contributed by atoms with E-state index in [0.29, 0.717) is 19.6 Å². The van der Waals surface area contributed by atoms with Crippen LogP contribution in [-0.2, 0) is 32.3 Å². The second kappa shape index (κ2) is 9.80. The lowest BCUT2D eigenvalue weighted by Crippen LogP contribution is -2.32. The quantitative estimate of drug-likeness (QED) is 0.484. The first-order valence-corrected chi connectivity index (χ1v) is 9.19. The van der Waals surface area contributed by atoms with Crippen molar-refractivity contribution in [1.29, 1.82) is 0 Å². The van der Waals surface area contributed by atoms with Crippen LogP contribution in [0.4, 0.5) is 5.95 Å². The minimum Gasteiger partial charge on any atom is -0.464 e. The van der Waals surface area contributed by atoms with Crippen molar-refractivity contribution in [2.24, 2.45) is 0 Å². The Hall–Kier alpha value is -3.24. The van der Waals surface area contributed by atoms with Crippen LogP contribution in [0.1, 0.15) is 18.9 Å². The first kappa shape index (κ1) is 20.5. The van der Waals surface area contributed by atoms with E-state index in [1.54, 1.807) is 0 Å². The van der Waals surface area contributed by atoms with Gasteiger partial charge in [-0.05, 0) is 12.0 Å². The smallest absolute Gasteiger partial charge is 0.337 e. The van der Waals surface area contributed by atoms with Crippen molar-refractivity contribution in [2.75, 3.05) is 18.9 Å². The zero-order valence-corrected chi connectivity index (χ0v) is 16.0. The van der Waals surface area contributed by atoms with Crippen LogP contribution in [0.3, 0.4) is 0 Å². The minimum atomic E-state index is -0.943. The molecule has 0 aliphatic heterocycles. The number of nitrogens with zero attached hydrogens (tertiary/aromatic N) is 3. The molecule has 2 aromatic heterocycles. The first-order valence-electron chi connectivity index (χ1n) is 9.19. The number of aromatic amines is 1. The number of ether oxygens (including phenoxy) is 3. The monoisotopic (exact) mass is 401 g/mol. The highest BCUT2D eigenvalue weighted by Gasteiger charge is 2.22. The summed E-state index contributed by atoms with van der Waals surface area (Å²) in [5.41, 5.74) is 6.52. The summed E-state index contributed by atoms with van der Waals surface area (Å²) in [6.07, 6.45) is 1.15. The highest BCUT2D eigenvalue weighted by molar-refractivity contribution is 5.75. The van der Waals surface area contributed by atoms with Gasteiger partial charge in [0, 0.05) is 0 Å². The molecule has 3 rings (SSSR count). The summed E-state index contributed by atoms with van der Waals surface area (Å²) in [7, 11) is 0. The molecule has 0 aliphatic carbocycles. The molecule has 0 fully saturated rings. The molecular formula is C19H23N5O5. The molecule has 154 valence electrons. The fourth-order valence-corrected chi connectivity index (χ4v) is 2.57. The maximum atomic E-state index is 12.3. The molecular weight excluding hydrogens is 378 g/mol. The number of benzene rings is 1. The largest absolute Gasteiger partial charge is 0.464 e. The summed E-state index contributed by atoms with van der Waals surface area (Å²) in [6, 6.07) is 9.59. The molecule has 0 bridgehead atoms. The number of hydrogen-bond acceptors (Lipinski definition) is 8. The maximum absolute atomic E-state index is 12.3. The minimum absolute atomic E-state index is 0.0141. The second-order valence-electron chi connectivity index (χ2n) is 6.29. The molecule has 10 nitrogen and oxygen atoms in total. The van der Waals surface area contributed by atoms with Crippen molar-refractivity contribution in [1.82, 2.24) is 19.5 Å². The number of esters is 1. The van der Waals surface area contributed by atoms with Crippen LogP contribution >= 0.6 is 0 Å². The molecule has 0 radical (unpaired) electrons. The van der Waals surface area contributed by atoms with Gasteiger partial charge in [-0.25, -0.2) is 9.78 Å². The number of fused-ring (bicyclic) bond motifs is 1. The fourth-order valence-electron chi connectivity index (χ4n) is 2.57. The SMILES string of the molecule is CCCOC(=O)C(COCc1ccccc1)OCn1cnc2c(=O)[nH]c(N)nc21. The second-order valence-corrected chi connectivity index (χ2v) is 6.29. The van der Waals surface area contributed by atoms with Gasteiger partial charge in [-0.15, -0.1) is 0 Å². The van der Waals surface area contributed by atoms with E-state index in [1.807, 2.05) is 37.3 Å². The van der Waals surface area contributed by atoms with Gasteiger partial charge in [0.1, 0.15) is 6.73 Å². The Kier molecular flexibility index (Phi) is 6.93. The summed E-state index contributed by atoms with van der Waals surface area (Å²) in [5, 5.41) is 0. The highest BCUT2D eigenvalue weighted by Crippen LogP contribution is 2.09. The Morgan fingerprint density at radius 3 is 2.86 bits per heavy atom. The molecule has 0 aliphatic rings. The average molecular weight is 401 g/mol. The van der Waals surface area contributed by atoms with E-state index in [2.05, 4.69) is 15.0 Å². The predicted octanol–water partition coefficient (Wildman–Crippen LogP) is 1.21. The van der Waals surface area contributed by atoms with Crippen LogP contribution in [0.25, 0.3) is 11.2 Å². The zero-order chi connectivity index (χ0) is 20.6. The Bertz CT molecular complexity index is 1000. The van der Waals surface area contributed by atoms with Gasteiger partial charge in [0.15, 0.2) is 17.3 Å². The summed E-state index contributed by atoms with van der Waals surface area (Å²) in [5.74, 6) is -0.552. The van der Waals surface area contributed by atoms with E-state index in [-0.39, 0.29) is 30.4 Å². The number of hydrogen-bond donors (Lipinski definition) is 2. The van der Waals surface area contributed by atoms with Crippen LogP contribution in [0, 0.1) is 0 Å². The van der Waals surface area contributed by atoms with Crippen LogP contribution in [0.15, 0.2) is 41.5 Å². The fraction of sp³-hybridized carbons (Fsp3) is 0.368. The van der Waals surface area contributed by atoms with Crippen LogP contribution in [0.5, 0.6) is 0 Å². The number of imidazole rings is 1. The summed E-state index contributed by atoms with van der Waals surface area (Å²) < 4.78 is 18.0. The molecule has 1 aromatic carbocycles. The van der Waals surface area contributed by atoms with Gasteiger partial charge in [0.25, 0.3) is 5.56 Å². The molecule has 0 spiro atoms. The summed E-state index contributed by atoms with van der Waals surface area (Å²) in [4.78, 5) is 34.7. The van der Waals surface area contributed by atoms with Crippen LogP contribution < -0.4 is 11.3 Å². The van der Waals surface area contributed by atoms with E-state index < -0.39 is 17.6 Å². The number of aromatic nitrogens is 4. The number of rotatable bonds is 10. The standard InChI is InChI=1S/C19H23N5O5/c1-2-8-28-18(26)14(10-27-9-13-6-4-3-5-7-13)29-12-24-11-21-15-16(24)22-19(20)23-17(15)25/h3-7,11,14H,2,8-10,12H2,1H3,(H3,20,22,23,25). The lowest BCUT2D eigenvalue weighted by molar-refractivity contribution is -0.165. The van der Waals surface area contributed by atoms with Gasteiger partial charge in [-0.3, -0.25) is 14.3 Å². The third-order valence-electron chi connectivity index (χ3n) is 4.00. The topological polar surface area (TPSA) is 134 Å². The molecule has 0 saturated heterocycles. The Morgan fingerprint density at radius 1 is 1.31 bits per heavy atom. The molecule has 0 amide bonds. The van der Waals surface area contributed by atoms with E-state index in [0.717, 1.165) is 5.56 Å². The number of anilines is 1. The number of nitrogen functional groups attached to an aromatic ring is 1. The molecule has 29 heavy (non-hydrogen) atoms. The van der Waals surface area contributed by atoms with Crippen molar-refractivity contribution >= 4 is 23.1 Å². The Labute approximate surface area is 166 Å². The third-order valence-corrected chi connectivity index (χ3v) is 4.00. The molecule has 3 N–H and O–H groups in total.